The quantitative estimate of drug-likeness (QED) is 0.764. The summed E-state index contributed by atoms with van der Waals surface area (Å²) in [6.07, 6.45) is 1.52. The molecule has 120 valence electrons. The summed E-state index contributed by atoms with van der Waals surface area (Å²) in [4.78, 5) is 38.3. The van der Waals surface area contributed by atoms with Gasteiger partial charge in [-0.25, -0.2) is 4.79 Å². The van der Waals surface area contributed by atoms with E-state index in [0.717, 1.165) is 0 Å². The summed E-state index contributed by atoms with van der Waals surface area (Å²) in [7, 11) is 3.16. The van der Waals surface area contributed by atoms with Crippen LogP contribution in [0.2, 0.25) is 0 Å². The Labute approximate surface area is 132 Å². The molecule has 2 heterocycles. The van der Waals surface area contributed by atoms with Crippen molar-refractivity contribution in [3.05, 3.63) is 24.2 Å². The number of esters is 1. The molecule has 1 saturated heterocycles. The highest BCUT2D eigenvalue weighted by Crippen LogP contribution is 2.41. The fraction of sp³-hybridized carbons (Fsp3) is 0.500. The molecule has 1 fully saturated rings. The third kappa shape index (κ3) is 3.44. The summed E-state index contributed by atoms with van der Waals surface area (Å²) in [5, 5.41) is -0.352. The first-order valence-electron chi connectivity index (χ1n) is 6.72. The van der Waals surface area contributed by atoms with Crippen molar-refractivity contribution in [1.82, 2.24) is 9.80 Å². The van der Waals surface area contributed by atoms with E-state index in [-0.39, 0.29) is 23.8 Å². The Hall–Kier alpha value is -1.96. The minimum absolute atomic E-state index is 0.243. The van der Waals surface area contributed by atoms with E-state index < -0.39 is 12.0 Å². The Kier molecular flexibility index (Phi) is 5.12. The van der Waals surface area contributed by atoms with Gasteiger partial charge in [0.15, 0.2) is 6.61 Å². The summed E-state index contributed by atoms with van der Waals surface area (Å²) in [6, 6.07) is 2.78. The standard InChI is InChI=1S/C14H18N2O5S/c1-9(17)16-10(14(19)21-7-12(18)15(2)3)8-22-13(16)11-5-4-6-20-11/h4-6,10,13H,7-8H2,1-3H3/t10-,13+/m1/s1. The van der Waals surface area contributed by atoms with Crippen molar-refractivity contribution >= 4 is 29.5 Å². The number of hydrogen-bond acceptors (Lipinski definition) is 6. The molecule has 1 aliphatic rings. The van der Waals surface area contributed by atoms with Crippen molar-refractivity contribution in [2.24, 2.45) is 0 Å². The molecule has 0 radical (unpaired) electrons. The predicted octanol–water partition coefficient (Wildman–Crippen LogP) is 0.873. The van der Waals surface area contributed by atoms with Crippen molar-refractivity contribution in [2.75, 3.05) is 26.5 Å². The number of amides is 2. The Bertz CT molecular complexity index is 558. The summed E-state index contributed by atoms with van der Waals surface area (Å²) in [6.45, 7) is 1.07. The molecule has 0 saturated carbocycles. The number of thioether (sulfide) groups is 1. The van der Waals surface area contributed by atoms with E-state index in [1.165, 1.54) is 34.7 Å². The normalized spacial score (nSPS) is 20.8. The van der Waals surface area contributed by atoms with Gasteiger partial charge in [-0.1, -0.05) is 0 Å². The number of likely N-dealkylation sites (N-methyl/N-ethyl adjacent to an activating group) is 1. The highest BCUT2D eigenvalue weighted by atomic mass is 32.2. The first-order chi connectivity index (χ1) is 10.4. The Morgan fingerprint density at radius 1 is 1.45 bits per heavy atom. The van der Waals surface area contributed by atoms with Crippen molar-refractivity contribution in [2.45, 2.75) is 18.3 Å². The summed E-state index contributed by atoms with van der Waals surface area (Å²) in [5.41, 5.74) is 0. The number of carbonyl (C=O) groups is 3. The van der Waals surface area contributed by atoms with Gasteiger partial charge in [-0.2, -0.15) is 0 Å². The molecule has 22 heavy (non-hydrogen) atoms. The maximum Gasteiger partial charge on any atom is 0.330 e. The first kappa shape index (κ1) is 16.4. The van der Waals surface area contributed by atoms with Crippen LogP contribution in [0, 0.1) is 0 Å². The molecule has 0 aromatic carbocycles. The van der Waals surface area contributed by atoms with Gasteiger partial charge in [0.1, 0.15) is 17.2 Å². The summed E-state index contributed by atoms with van der Waals surface area (Å²) < 4.78 is 10.4. The summed E-state index contributed by atoms with van der Waals surface area (Å²) in [5.74, 6) is -0.116. The lowest BCUT2D eigenvalue weighted by Crippen LogP contribution is -2.43. The van der Waals surface area contributed by atoms with E-state index >= 15 is 0 Å². The van der Waals surface area contributed by atoms with E-state index in [4.69, 9.17) is 9.15 Å². The Morgan fingerprint density at radius 2 is 2.18 bits per heavy atom. The van der Waals surface area contributed by atoms with Crippen molar-refractivity contribution in [3.8, 4) is 0 Å². The molecule has 8 heteroatoms. The van der Waals surface area contributed by atoms with E-state index in [2.05, 4.69) is 0 Å². The third-order valence-electron chi connectivity index (χ3n) is 3.26. The number of rotatable bonds is 4. The van der Waals surface area contributed by atoms with Gasteiger partial charge in [0.05, 0.1) is 6.26 Å². The van der Waals surface area contributed by atoms with Gasteiger partial charge in [0.2, 0.25) is 5.91 Å². The van der Waals surface area contributed by atoms with E-state index in [1.807, 2.05) is 0 Å². The van der Waals surface area contributed by atoms with Gasteiger partial charge >= 0.3 is 5.97 Å². The van der Waals surface area contributed by atoms with Gasteiger partial charge in [-0.3, -0.25) is 9.59 Å². The van der Waals surface area contributed by atoms with Crippen LogP contribution in [0.3, 0.4) is 0 Å². The smallest absolute Gasteiger partial charge is 0.330 e. The molecule has 0 spiro atoms. The molecular weight excluding hydrogens is 308 g/mol. The van der Waals surface area contributed by atoms with Crippen LogP contribution in [-0.4, -0.2) is 60.1 Å². The maximum atomic E-state index is 12.2. The van der Waals surface area contributed by atoms with Crippen molar-refractivity contribution in [1.29, 1.82) is 0 Å². The van der Waals surface area contributed by atoms with Crippen LogP contribution >= 0.6 is 11.8 Å². The largest absolute Gasteiger partial charge is 0.466 e. The molecule has 7 nitrogen and oxygen atoms in total. The molecule has 1 aliphatic heterocycles. The van der Waals surface area contributed by atoms with Crippen molar-refractivity contribution in [3.63, 3.8) is 0 Å². The Morgan fingerprint density at radius 3 is 2.73 bits per heavy atom. The van der Waals surface area contributed by atoms with Crippen LogP contribution in [-0.2, 0) is 19.1 Å². The molecule has 0 bridgehead atoms. The fourth-order valence-corrected chi connectivity index (χ4v) is 3.50. The third-order valence-corrected chi connectivity index (χ3v) is 4.54. The second-order valence-corrected chi connectivity index (χ2v) is 6.15. The van der Waals surface area contributed by atoms with Crippen LogP contribution in [0.25, 0.3) is 0 Å². The molecule has 1 aromatic rings. The molecular formula is C14H18N2O5S. The monoisotopic (exact) mass is 326 g/mol. The van der Waals surface area contributed by atoms with Gasteiger partial charge in [-0.05, 0) is 12.1 Å². The zero-order valence-corrected chi connectivity index (χ0v) is 13.5. The zero-order chi connectivity index (χ0) is 16.3. The molecule has 0 N–H and O–H groups in total. The summed E-state index contributed by atoms with van der Waals surface area (Å²) >= 11 is 1.43. The van der Waals surface area contributed by atoms with Crippen LogP contribution in [0.1, 0.15) is 18.1 Å². The average molecular weight is 326 g/mol. The van der Waals surface area contributed by atoms with E-state index in [0.29, 0.717) is 11.5 Å². The lowest BCUT2D eigenvalue weighted by atomic mass is 10.2. The van der Waals surface area contributed by atoms with Crippen LogP contribution in [0.15, 0.2) is 22.8 Å². The average Bonchev–Trinajstić information content (AvgIpc) is 3.11. The van der Waals surface area contributed by atoms with Crippen LogP contribution < -0.4 is 0 Å². The SMILES string of the molecule is CC(=O)N1[C@@H](C(=O)OCC(=O)N(C)C)CS[C@H]1c1ccco1. The fourth-order valence-electron chi connectivity index (χ4n) is 2.08. The topological polar surface area (TPSA) is 80.1 Å². The van der Waals surface area contributed by atoms with Gasteiger partial charge in [-0.15, -0.1) is 11.8 Å². The van der Waals surface area contributed by atoms with Crippen LogP contribution in [0.4, 0.5) is 0 Å². The second-order valence-electron chi connectivity index (χ2n) is 5.04. The van der Waals surface area contributed by atoms with Crippen LogP contribution in [0.5, 0.6) is 0 Å². The van der Waals surface area contributed by atoms with E-state index in [9.17, 15) is 14.4 Å². The lowest BCUT2D eigenvalue weighted by molar-refractivity contribution is -0.157. The molecule has 0 unspecified atom stereocenters. The second kappa shape index (κ2) is 6.87. The molecule has 0 aliphatic carbocycles. The number of nitrogens with zero attached hydrogens (tertiary/aromatic N) is 2. The van der Waals surface area contributed by atoms with Gasteiger partial charge in [0.25, 0.3) is 5.91 Å². The molecule has 2 rings (SSSR count). The highest BCUT2D eigenvalue weighted by Gasteiger charge is 2.43. The van der Waals surface area contributed by atoms with Gasteiger partial charge in [0, 0.05) is 26.8 Å². The number of ether oxygens (including phenoxy) is 1. The van der Waals surface area contributed by atoms with E-state index in [1.54, 1.807) is 26.2 Å². The zero-order valence-electron chi connectivity index (χ0n) is 12.6. The molecule has 2 amide bonds. The van der Waals surface area contributed by atoms with Gasteiger partial charge < -0.3 is 19.0 Å². The Balaban J connectivity index is 2.05. The maximum absolute atomic E-state index is 12.2. The highest BCUT2D eigenvalue weighted by molar-refractivity contribution is 7.99. The number of carbonyl (C=O) groups excluding carboxylic acids is 3. The molecule has 1 aromatic heterocycles. The molecule has 2 atom stereocenters. The lowest BCUT2D eigenvalue weighted by Gasteiger charge is -2.25. The van der Waals surface area contributed by atoms with Crippen molar-refractivity contribution < 1.29 is 23.5 Å². The minimum Gasteiger partial charge on any atom is -0.466 e. The number of furan rings is 1. The minimum atomic E-state index is -0.715. The first-order valence-corrected chi connectivity index (χ1v) is 7.77. The predicted molar refractivity (Wildman–Crippen MR) is 79.9 cm³/mol. The number of hydrogen-bond donors (Lipinski definition) is 0.